The first-order valence-corrected chi connectivity index (χ1v) is 11.9. The largest absolute Gasteiger partial charge is 2.00 e. The molecule has 0 aromatic rings. The van der Waals surface area contributed by atoms with Gasteiger partial charge >= 0.3 is 46.9 Å². The van der Waals surface area contributed by atoms with E-state index in [0.717, 1.165) is 12.0 Å². The fourth-order valence-corrected chi connectivity index (χ4v) is 2.81. The minimum absolute atomic E-state index is 0. The van der Waals surface area contributed by atoms with Crippen molar-refractivity contribution in [2.75, 3.05) is 34.4 Å². The van der Waals surface area contributed by atoms with Crippen LogP contribution in [0.5, 0.6) is 0 Å². The van der Waals surface area contributed by atoms with E-state index in [4.69, 9.17) is 0 Å². The van der Waals surface area contributed by atoms with E-state index in [9.17, 15) is 28.8 Å². The predicted molar refractivity (Wildman–Crippen MR) is 136 cm³/mol. The summed E-state index contributed by atoms with van der Waals surface area (Å²) in [7, 11) is 3.63. The van der Waals surface area contributed by atoms with E-state index in [0.29, 0.717) is 32.4 Å². The van der Waals surface area contributed by atoms with Crippen LogP contribution in [0.3, 0.4) is 0 Å². The minimum atomic E-state index is -0.960. The fourth-order valence-electron chi connectivity index (χ4n) is 2.81. The van der Waals surface area contributed by atoms with Crippen LogP contribution >= 0.6 is 0 Å². The van der Waals surface area contributed by atoms with Crippen LogP contribution in [0.1, 0.15) is 67.2 Å². The zero-order valence-electron chi connectivity index (χ0n) is 24.1. The Morgan fingerprint density at radius 3 is 1.39 bits per heavy atom. The topological polar surface area (TPSA) is 137 Å². The van der Waals surface area contributed by atoms with Crippen LogP contribution in [-0.2, 0) is 43.0 Å². The number of amides is 2. The number of halogens is 1. The molecule has 13 heteroatoms. The third-order valence-corrected chi connectivity index (χ3v) is 6.27. The molecule has 0 bridgehead atoms. The van der Waals surface area contributed by atoms with Gasteiger partial charge < -0.3 is 42.3 Å². The van der Waals surface area contributed by atoms with Crippen molar-refractivity contribution in [2.45, 2.75) is 79.3 Å². The molecule has 0 aliphatic carbocycles. The van der Waals surface area contributed by atoms with Gasteiger partial charge in [0.05, 0.1) is 21.3 Å². The van der Waals surface area contributed by atoms with E-state index in [1.165, 1.54) is 31.5 Å². The fraction of sp³-hybridized carbons (Fsp3) is 0.720. The van der Waals surface area contributed by atoms with Gasteiger partial charge in [0.25, 0.3) is 5.91 Å². The Labute approximate surface area is 248 Å². The average Bonchev–Trinajstić information content (AvgIpc) is 2.81. The van der Waals surface area contributed by atoms with Crippen LogP contribution in [0.25, 0.3) is 0 Å². The van der Waals surface area contributed by atoms with E-state index in [1.807, 2.05) is 6.92 Å². The molecule has 0 N–H and O–H groups in total. The van der Waals surface area contributed by atoms with Crippen molar-refractivity contribution in [2.24, 2.45) is 5.41 Å². The molecule has 38 heavy (non-hydrogen) atoms. The van der Waals surface area contributed by atoms with Crippen molar-refractivity contribution in [3.05, 3.63) is 5.92 Å². The summed E-state index contributed by atoms with van der Waals surface area (Å²) >= 11 is 0. The van der Waals surface area contributed by atoms with Crippen molar-refractivity contribution in [3.8, 4) is 0 Å². The molecule has 2 atom stereocenters. The molecule has 0 spiro atoms. The minimum Gasteiger partial charge on any atom is -1.00 e. The summed E-state index contributed by atoms with van der Waals surface area (Å²) in [5, 5.41) is 0. The molecular formula is C25H41ClMgN2O9. The second kappa shape index (κ2) is 19.2. The Kier molecular flexibility index (Phi) is 20.5. The van der Waals surface area contributed by atoms with E-state index in [1.54, 1.807) is 13.8 Å². The molecule has 2 amide bonds. The molecule has 2 rings (SSSR count). The summed E-state index contributed by atoms with van der Waals surface area (Å²) in [6.45, 7) is 12.6. The molecule has 0 aromatic carbocycles. The normalized spacial score (nSPS) is 17.2. The van der Waals surface area contributed by atoms with Crippen LogP contribution in [-0.4, -0.2) is 115 Å². The molecular weight excluding hydrogens is 532 g/mol. The van der Waals surface area contributed by atoms with E-state index < -0.39 is 53.0 Å². The summed E-state index contributed by atoms with van der Waals surface area (Å²) in [4.78, 5) is 70.7. The number of carbonyl (C=O) groups is 6. The Morgan fingerprint density at radius 1 is 0.789 bits per heavy atom. The third kappa shape index (κ3) is 11.4. The number of esters is 3. The number of hydrogen-bond donors (Lipinski definition) is 0. The number of rotatable bonds is 6. The van der Waals surface area contributed by atoms with Crippen LogP contribution in [0.15, 0.2) is 0 Å². The maximum Gasteiger partial charge on any atom is 2.00 e. The number of hydrogen-bond acceptors (Lipinski definition) is 9. The molecule has 0 radical (unpaired) electrons. The molecule has 11 nitrogen and oxygen atoms in total. The van der Waals surface area contributed by atoms with Gasteiger partial charge in [-0.1, -0.05) is 27.7 Å². The zero-order valence-corrected chi connectivity index (χ0v) is 26.2. The van der Waals surface area contributed by atoms with Crippen LogP contribution < -0.4 is 12.4 Å². The summed E-state index contributed by atoms with van der Waals surface area (Å²) in [6.07, 6.45) is 2.90. The van der Waals surface area contributed by atoms with Crippen LogP contribution in [0.2, 0.25) is 0 Å². The number of ether oxygens (including phenoxy) is 3. The molecule has 2 aliphatic rings. The van der Waals surface area contributed by atoms with Gasteiger partial charge in [-0.3, -0.25) is 14.4 Å². The summed E-state index contributed by atoms with van der Waals surface area (Å²) in [5.74, 6) is -2.22. The van der Waals surface area contributed by atoms with Gasteiger partial charge in [0, 0.05) is 18.5 Å². The smallest absolute Gasteiger partial charge is 1.00 e. The molecule has 214 valence electrons. The van der Waals surface area contributed by atoms with Crippen molar-refractivity contribution < 1.29 is 55.4 Å². The molecule has 0 aromatic heterocycles. The predicted octanol–water partition coefficient (Wildman–Crippen LogP) is -1.67. The second-order valence-electron chi connectivity index (χ2n) is 9.27. The number of carbonyl (C=O) groups excluding carboxylic acids is 6. The number of likely N-dealkylation sites (tertiary alicyclic amines) is 2. The molecule has 2 saturated heterocycles. The van der Waals surface area contributed by atoms with Gasteiger partial charge in [0.1, 0.15) is 12.1 Å². The number of ketones is 1. The third-order valence-electron chi connectivity index (χ3n) is 6.27. The molecule has 2 aliphatic heterocycles. The summed E-state index contributed by atoms with van der Waals surface area (Å²) in [6, 6.07) is -1.21. The van der Waals surface area contributed by atoms with E-state index in [-0.39, 0.29) is 35.5 Å². The van der Waals surface area contributed by atoms with Gasteiger partial charge in [-0.2, -0.15) is 20.3 Å². The Hall–Kier alpha value is -1.92. The van der Waals surface area contributed by atoms with E-state index in [2.05, 4.69) is 35.0 Å². The van der Waals surface area contributed by atoms with Crippen LogP contribution in [0, 0.1) is 11.3 Å². The molecule has 0 saturated carbocycles. The Morgan fingerprint density at radius 2 is 1.16 bits per heavy atom. The Bertz CT molecular complexity index is 821. The van der Waals surface area contributed by atoms with Crippen molar-refractivity contribution in [1.82, 2.24) is 9.80 Å². The van der Waals surface area contributed by atoms with Crippen LogP contribution in [0.4, 0.5) is 0 Å². The first-order chi connectivity index (χ1) is 16.7. The summed E-state index contributed by atoms with van der Waals surface area (Å²) in [5.41, 5.74) is -0.673. The van der Waals surface area contributed by atoms with Crippen molar-refractivity contribution >= 4 is 58.6 Å². The van der Waals surface area contributed by atoms with Gasteiger partial charge in [0.15, 0.2) is 0 Å². The van der Waals surface area contributed by atoms with Gasteiger partial charge in [-0.05, 0) is 19.3 Å². The van der Waals surface area contributed by atoms with Gasteiger partial charge in [-0.25, -0.2) is 14.4 Å². The molecule has 2 fully saturated rings. The Balaban J connectivity index is -0.000000530. The number of nitrogens with zero attached hydrogens (tertiary/aromatic N) is 2. The standard InChI is InChI=1S/C12H19NO4.C8H11NO5.C5H11.ClH.Mg/c1-5-12(2,3)9(14)10(15)13-7-6-8(13)11(16)17-4;1-13-7(11)5-3-4-9(5)6(10)8(12)14-2;1-4-5(2)3;;/h8H,5-7H2,1-4H3;5H,3-4H2,1-2H3;4H2,1-3H3;1H;/q;;-1;;+2/p-1/t8-;5-;;;/m00.../s1. The maximum atomic E-state index is 11.9. The second-order valence-corrected chi connectivity index (χ2v) is 9.27. The number of methoxy groups -OCH3 is 3. The quantitative estimate of drug-likeness (QED) is 0.120. The van der Waals surface area contributed by atoms with Crippen molar-refractivity contribution in [1.29, 1.82) is 0 Å². The van der Waals surface area contributed by atoms with E-state index >= 15 is 0 Å². The number of Topliss-reactive ketones (excluding diaryl/α,β-unsaturated/α-hetero) is 1. The maximum absolute atomic E-state index is 11.9. The SMILES string of the molecule is CCC(C)(C)C(=O)C(=O)N1CC[C@H]1C(=O)OC.CC[C-](C)C.COC(=O)C(=O)N1CC[C@H]1C(=O)OC.[Cl-].[Mg+2]. The van der Waals surface area contributed by atoms with Gasteiger partial charge in [0.2, 0.25) is 5.78 Å². The molecule has 2 heterocycles. The first-order valence-electron chi connectivity index (χ1n) is 11.9. The average molecular weight is 573 g/mol. The first kappa shape index (κ1) is 40.6. The zero-order chi connectivity index (χ0) is 28.2. The van der Waals surface area contributed by atoms with Gasteiger partial charge in [-0.15, -0.1) is 0 Å². The summed E-state index contributed by atoms with van der Waals surface area (Å²) < 4.78 is 13.3. The monoisotopic (exact) mass is 572 g/mol. The molecule has 0 unspecified atom stereocenters. The van der Waals surface area contributed by atoms with Crippen molar-refractivity contribution in [3.63, 3.8) is 0 Å².